The van der Waals surface area contributed by atoms with Gasteiger partial charge >= 0.3 is 0 Å². The highest BCUT2D eigenvalue weighted by atomic mass is 32.1. The molecule has 0 aliphatic carbocycles. The zero-order chi connectivity index (χ0) is 21.1. The summed E-state index contributed by atoms with van der Waals surface area (Å²) in [7, 11) is 1.87. The summed E-state index contributed by atoms with van der Waals surface area (Å²) in [4.78, 5) is 22.5. The monoisotopic (exact) mass is 448 g/mol. The van der Waals surface area contributed by atoms with Gasteiger partial charge in [-0.3, -0.25) is 9.89 Å². The SMILES string of the molecule is Cn1c2nc(Cc3ccn[nH]3)sc2c2cnn(Cc3cccc4sc(N)nc34)c(=O)c21. The lowest BCUT2D eigenvalue weighted by molar-refractivity contribution is 0.646. The van der Waals surface area contributed by atoms with Gasteiger partial charge in [0.05, 0.1) is 27.7 Å². The van der Waals surface area contributed by atoms with Crippen LogP contribution in [0.25, 0.3) is 31.5 Å². The van der Waals surface area contributed by atoms with E-state index in [1.54, 1.807) is 23.7 Å². The minimum absolute atomic E-state index is 0.152. The lowest BCUT2D eigenvalue weighted by atomic mass is 10.2. The van der Waals surface area contributed by atoms with Crippen molar-refractivity contribution in [2.24, 2.45) is 7.05 Å². The molecule has 0 unspecified atom stereocenters. The molecule has 0 radical (unpaired) electrons. The number of aromatic amines is 1. The summed E-state index contributed by atoms with van der Waals surface area (Å²) in [6.45, 7) is 0.326. The first-order valence-corrected chi connectivity index (χ1v) is 11.2. The number of nitrogen functional groups attached to an aromatic ring is 1. The van der Waals surface area contributed by atoms with Gasteiger partial charge in [-0.1, -0.05) is 23.5 Å². The van der Waals surface area contributed by atoms with Gasteiger partial charge in [0.25, 0.3) is 5.56 Å². The number of hydrogen-bond donors (Lipinski definition) is 2. The molecule has 9 nitrogen and oxygen atoms in total. The smallest absolute Gasteiger partial charge is 0.291 e. The van der Waals surface area contributed by atoms with Crippen molar-refractivity contribution < 1.29 is 0 Å². The number of nitrogens with zero attached hydrogens (tertiary/aromatic N) is 6. The molecular formula is C20H16N8OS2. The van der Waals surface area contributed by atoms with Crippen LogP contribution in [0, 0.1) is 0 Å². The van der Waals surface area contributed by atoms with Crippen molar-refractivity contribution in [1.29, 1.82) is 0 Å². The number of benzene rings is 1. The molecule has 11 heteroatoms. The zero-order valence-electron chi connectivity index (χ0n) is 16.4. The molecule has 0 fully saturated rings. The zero-order valence-corrected chi connectivity index (χ0v) is 18.0. The molecule has 1 aromatic carbocycles. The normalized spacial score (nSPS) is 11.9. The summed E-state index contributed by atoms with van der Waals surface area (Å²) in [6, 6.07) is 7.81. The summed E-state index contributed by atoms with van der Waals surface area (Å²) in [5.41, 5.74) is 9.84. The average Bonchev–Trinajstić information content (AvgIpc) is 3.51. The van der Waals surface area contributed by atoms with Crippen molar-refractivity contribution in [2.45, 2.75) is 13.0 Å². The highest BCUT2D eigenvalue weighted by molar-refractivity contribution is 7.22. The van der Waals surface area contributed by atoms with E-state index in [1.165, 1.54) is 16.0 Å². The maximum absolute atomic E-state index is 13.3. The highest BCUT2D eigenvalue weighted by Crippen LogP contribution is 2.32. The van der Waals surface area contributed by atoms with Crippen molar-refractivity contribution in [3.8, 4) is 0 Å². The number of nitrogens with two attached hydrogens (primary N) is 1. The lowest BCUT2D eigenvalue weighted by Gasteiger charge is -2.06. The van der Waals surface area contributed by atoms with E-state index < -0.39 is 0 Å². The van der Waals surface area contributed by atoms with Gasteiger partial charge in [-0.05, 0) is 12.1 Å². The molecule has 0 spiro atoms. The fraction of sp³-hybridized carbons (Fsp3) is 0.150. The Morgan fingerprint density at radius 1 is 1.19 bits per heavy atom. The molecule has 0 aliphatic heterocycles. The van der Waals surface area contributed by atoms with Crippen LogP contribution in [-0.2, 0) is 20.0 Å². The van der Waals surface area contributed by atoms with E-state index in [0.717, 1.165) is 42.2 Å². The quantitative estimate of drug-likeness (QED) is 0.428. The largest absolute Gasteiger partial charge is 0.375 e. The Hall–Kier alpha value is -3.57. The van der Waals surface area contributed by atoms with Gasteiger partial charge in [-0.15, -0.1) is 11.3 Å². The minimum atomic E-state index is -0.152. The molecule has 154 valence electrons. The fourth-order valence-electron chi connectivity index (χ4n) is 3.88. The maximum Gasteiger partial charge on any atom is 0.291 e. The van der Waals surface area contributed by atoms with E-state index in [1.807, 2.05) is 35.9 Å². The van der Waals surface area contributed by atoms with Crippen LogP contribution in [0.2, 0.25) is 0 Å². The van der Waals surface area contributed by atoms with E-state index >= 15 is 0 Å². The first-order chi connectivity index (χ1) is 15.1. The van der Waals surface area contributed by atoms with E-state index in [2.05, 4.69) is 20.3 Å². The number of fused-ring (bicyclic) bond motifs is 4. The second kappa shape index (κ2) is 6.72. The third-order valence-corrected chi connectivity index (χ3v) is 7.24. The van der Waals surface area contributed by atoms with Gasteiger partial charge in [0.2, 0.25) is 0 Å². The van der Waals surface area contributed by atoms with Gasteiger partial charge in [0, 0.05) is 36.3 Å². The van der Waals surface area contributed by atoms with E-state index in [4.69, 9.17) is 10.7 Å². The third kappa shape index (κ3) is 2.85. The Kier molecular flexibility index (Phi) is 3.95. The number of aromatic nitrogens is 7. The summed E-state index contributed by atoms with van der Waals surface area (Å²) in [6.07, 6.45) is 4.16. The van der Waals surface area contributed by atoms with Crippen LogP contribution in [-0.4, -0.2) is 34.5 Å². The molecule has 0 saturated heterocycles. The van der Waals surface area contributed by atoms with Gasteiger partial charge in [0.1, 0.15) is 10.5 Å². The Bertz CT molecular complexity index is 1640. The Morgan fingerprint density at radius 3 is 2.94 bits per heavy atom. The summed E-state index contributed by atoms with van der Waals surface area (Å²) in [5.74, 6) is 0. The minimum Gasteiger partial charge on any atom is -0.375 e. The standard InChI is InChI=1S/C20H16N8OS2/c1-27-16-12(17-18(27)24-14(31-17)7-11-5-6-22-26-11)8-23-28(19(16)29)9-10-3-2-4-13-15(10)25-20(21)30-13/h2-6,8H,7,9H2,1H3,(H2,21,25)(H,22,26). The number of rotatable bonds is 4. The number of nitrogens with one attached hydrogen (secondary N) is 1. The van der Waals surface area contributed by atoms with Crippen LogP contribution in [0.3, 0.4) is 0 Å². The molecule has 6 aromatic rings. The number of para-hydroxylation sites is 1. The summed E-state index contributed by atoms with van der Waals surface area (Å²) >= 11 is 3.01. The van der Waals surface area contributed by atoms with E-state index in [0.29, 0.717) is 23.6 Å². The third-order valence-electron chi connectivity index (χ3n) is 5.31. The Balaban J connectivity index is 1.44. The molecular weight excluding hydrogens is 432 g/mol. The maximum atomic E-state index is 13.3. The van der Waals surface area contributed by atoms with Gasteiger partial charge < -0.3 is 10.3 Å². The van der Waals surface area contributed by atoms with E-state index in [9.17, 15) is 4.79 Å². The topological polar surface area (TPSA) is 120 Å². The van der Waals surface area contributed by atoms with Gasteiger partial charge in [-0.2, -0.15) is 10.2 Å². The second-order valence-corrected chi connectivity index (χ2v) is 9.41. The highest BCUT2D eigenvalue weighted by Gasteiger charge is 2.19. The van der Waals surface area contributed by atoms with Crippen LogP contribution in [0.1, 0.15) is 16.3 Å². The van der Waals surface area contributed by atoms with Crippen molar-refractivity contribution in [3.63, 3.8) is 0 Å². The molecule has 0 amide bonds. The van der Waals surface area contributed by atoms with Crippen LogP contribution in [0.15, 0.2) is 41.5 Å². The number of hydrogen-bond acceptors (Lipinski definition) is 8. The average molecular weight is 449 g/mol. The van der Waals surface area contributed by atoms with Crippen LogP contribution in [0.5, 0.6) is 0 Å². The molecule has 5 heterocycles. The van der Waals surface area contributed by atoms with Gasteiger partial charge in [-0.25, -0.2) is 14.6 Å². The van der Waals surface area contributed by atoms with Crippen molar-refractivity contribution in [3.05, 3.63) is 63.3 Å². The summed E-state index contributed by atoms with van der Waals surface area (Å²) < 4.78 is 5.30. The van der Waals surface area contributed by atoms with E-state index in [-0.39, 0.29) is 5.56 Å². The molecule has 31 heavy (non-hydrogen) atoms. The predicted molar refractivity (Wildman–Crippen MR) is 123 cm³/mol. The first-order valence-electron chi connectivity index (χ1n) is 9.54. The van der Waals surface area contributed by atoms with Crippen molar-refractivity contribution in [2.75, 3.05) is 5.73 Å². The molecule has 5 aromatic heterocycles. The lowest BCUT2D eigenvalue weighted by Crippen LogP contribution is -2.24. The predicted octanol–water partition coefficient (Wildman–Crippen LogP) is 2.90. The van der Waals surface area contributed by atoms with Crippen LogP contribution in [0.4, 0.5) is 5.13 Å². The molecule has 6 rings (SSSR count). The molecule has 0 aliphatic rings. The number of H-pyrrole nitrogens is 1. The fourth-order valence-corrected chi connectivity index (χ4v) is 5.79. The van der Waals surface area contributed by atoms with Gasteiger partial charge in [0.15, 0.2) is 10.8 Å². The number of aryl methyl sites for hydroxylation is 1. The Labute approximate surface area is 182 Å². The van der Waals surface area contributed by atoms with Crippen LogP contribution < -0.4 is 11.3 Å². The molecule has 3 N–H and O–H groups in total. The second-order valence-electron chi connectivity index (χ2n) is 7.26. The molecule has 0 saturated carbocycles. The first kappa shape index (κ1) is 18.2. The van der Waals surface area contributed by atoms with Crippen molar-refractivity contribution >= 4 is 59.3 Å². The number of thiazole rings is 2. The van der Waals surface area contributed by atoms with Crippen molar-refractivity contribution in [1.82, 2.24) is 34.5 Å². The molecule has 0 atom stereocenters. The number of anilines is 1. The Morgan fingerprint density at radius 2 is 2.10 bits per heavy atom. The summed E-state index contributed by atoms with van der Waals surface area (Å²) in [5, 5.41) is 13.7. The molecule has 0 bridgehead atoms. The van der Waals surface area contributed by atoms with Crippen LogP contribution >= 0.6 is 22.7 Å².